The Labute approximate surface area is 219 Å². The number of nitrogens with zero attached hydrogens (tertiary/aromatic N) is 5. The molecule has 0 fully saturated rings. The largest absolute Gasteiger partial charge is 0.497 e. The summed E-state index contributed by atoms with van der Waals surface area (Å²) in [6.45, 7) is 2.36. The van der Waals surface area contributed by atoms with Crippen LogP contribution in [-0.4, -0.2) is 59.0 Å². The first-order valence-electron chi connectivity index (χ1n) is 11.5. The Morgan fingerprint density at radius 1 is 1.11 bits per heavy atom. The number of rotatable bonds is 9. The number of ether oxygens (including phenoxy) is 3. The molecular weight excluding hydrogens is 498 g/mol. The molecule has 0 bridgehead atoms. The molecule has 2 aromatic heterocycles. The Morgan fingerprint density at radius 2 is 1.89 bits per heavy atom. The van der Waals surface area contributed by atoms with Gasteiger partial charge in [0, 0.05) is 25.2 Å². The van der Waals surface area contributed by atoms with Gasteiger partial charge in [-0.15, -0.1) is 0 Å². The van der Waals surface area contributed by atoms with Crippen LogP contribution in [0.4, 0.5) is 5.82 Å². The third kappa shape index (κ3) is 5.45. The Morgan fingerprint density at radius 3 is 2.57 bits per heavy atom. The van der Waals surface area contributed by atoms with Crippen LogP contribution in [-0.2, 0) is 17.8 Å². The highest BCUT2D eigenvalue weighted by atomic mass is 35.5. The smallest absolute Gasteiger partial charge is 0.337 e. The summed E-state index contributed by atoms with van der Waals surface area (Å²) in [6, 6.07) is 12.6. The van der Waals surface area contributed by atoms with E-state index in [9.17, 15) is 9.90 Å². The van der Waals surface area contributed by atoms with Gasteiger partial charge in [0.05, 0.1) is 33.4 Å². The van der Waals surface area contributed by atoms with Gasteiger partial charge < -0.3 is 28.8 Å². The molecular formula is C26H28ClN5O5. The average Bonchev–Trinajstić information content (AvgIpc) is 3.26. The van der Waals surface area contributed by atoms with Crippen molar-refractivity contribution in [1.29, 1.82) is 0 Å². The third-order valence-electron chi connectivity index (χ3n) is 5.90. The molecule has 0 radical (unpaired) electrons. The van der Waals surface area contributed by atoms with E-state index in [1.807, 2.05) is 36.2 Å². The van der Waals surface area contributed by atoms with Crippen molar-refractivity contribution in [2.24, 2.45) is 0 Å². The molecule has 1 N–H and O–H groups in total. The molecule has 4 rings (SSSR count). The van der Waals surface area contributed by atoms with E-state index in [2.05, 4.69) is 9.97 Å². The van der Waals surface area contributed by atoms with Gasteiger partial charge in [-0.1, -0.05) is 12.1 Å². The van der Waals surface area contributed by atoms with Crippen molar-refractivity contribution in [1.82, 2.24) is 19.5 Å². The van der Waals surface area contributed by atoms with Crippen molar-refractivity contribution < 1.29 is 24.1 Å². The molecule has 37 heavy (non-hydrogen) atoms. The van der Waals surface area contributed by atoms with Crippen molar-refractivity contribution in [3.63, 3.8) is 0 Å². The maximum absolute atomic E-state index is 12.0. The number of halogens is 1. The fourth-order valence-electron chi connectivity index (χ4n) is 4.13. The van der Waals surface area contributed by atoms with E-state index in [-0.39, 0.29) is 5.28 Å². The summed E-state index contributed by atoms with van der Waals surface area (Å²) in [7, 11) is 6.40. The SMILES string of the molecule is COC(=O)c1cccc(Cn2c(C(C)O)nc3c(N(C)Cc4ccc(OC)cc4OC)nc(Cl)nc32)c1. The maximum Gasteiger partial charge on any atom is 0.337 e. The molecule has 0 spiro atoms. The molecule has 0 amide bonds. The van der Waals surface area contributed by atoms with Gasteiger partial charge in [0.2, 0.25) is 5.28 Å². The third-order valence-corrected chi connectivity index (χ3v) is 6.07. The summed E-state index contributed by atoms with van der Waals surface area (Å²) >= 11 is 6.36. The summed E-state index contributed by atoms with van der Waals surface area (Å²) in [4.78, 5) is 27.5. The second-order valence-corrected chi connectivity index (χ2v) is 8.78. The fourth-order valence-corrected chi connectivity index (χ4v) is 4.29. The minimum Gasteiger partial charge on any atom is -0.497 e. The summed E-state index contributed by atoms with van der Waals surface area (Å²) in [5.41, 5.74) is 3.08. The number of aromatic nitrogens is 4. The number of carbonyl (C=O) groups excluding carboxylic acids is 1. The minimum atomic E-state index is -0.892. The van der Waals surface area contributed by atoms with Crippen molar-refractivity contribution in [3.05, 3.63) is 70.3 Å². The molecule has 11 heteroatoms. The van der Waals surface area contributed by atoms with Crippen LogP contribution in [0.3, 0.4) is 0 Å². The minimum absolute atomic E-state index is 0.0395. The molecule has 2 aromatic carbocycles. The molecule has 0 saturated heterocycles. The number of aliphatic hydroxyl groups excluding tert-OH is 1. The summed E-state index contributed by atoms with van der Waals surface area (Å²) in [5, 5.41) is 10.6. The van der Waals surface area contributed by atoms with Gasteiger partial charge in [0.25, 0.3) is 0 Å². The van der Waals surface area contributed by atoms with Gasteiger partial charge in [-0.3, -0.25) is 0 Å². The Balaban J connectivity index is 1.77. The van der Waals surface area contributed by atoms with Crippen molar-refractivity contribution in [2.45, 2.75) is 26.1 Å². The lowest BCUT2D eigenvalue weighted by atomic mass is 10.1. The highest BCUT2D eigenvalue weighted by molar-refractivity contribution is 6.28. The second kappa shape index (κ2) is 11.0. The predicted octanol–water partition coefficient (Wildman–Crippen LogP) is 4.02. The number of fused-ring (bicyclic) bond motifs is 1. The van der Waals surface area contributed by atoms with E-state index < -0.39 is 12.1 Å². The highest BCUT2D eigenvalue weighted by Gasteiger charge is 2.23. The number of esters is 1. The van der Waals surface area contributed by atoms with Gasteiger partial charge in [-0.2, -0.15) is 9.97 Å². The number of carbonyl (C=O) groups is 1. The van der Waals surface area contributed by atoms with Gasteiger partial charge in [-0.05, 0) is 48.4 Å². The van der Waals surface area contributed by atoms with E-state index >= 15 is 0 Å². The molecule has 0 saturated carbocycles. The summed E-state index contributed by atoms with van der Waals surface area (Å²) in [5.74, 6) is 1.82. The molecule has 1 unspecified atom stereocenters. The van der Waals surface area contributed by atoms with Crippen molar-refractivity contribution >= 4 is 34.6 Å². The van der Waals surface area contributed by atoms with Crippen LogP contribution in [0.25, 0.3) is 11.2 Å². The van der Waals surface area contributed by atoms with E-state index in [0.29, 0.717) is 53.0 Å². The predicted molar refractivity (Wildman–Crippen MR) is 140 cm³/mol. The molecule has 1 atom stereocenters. The zero-order valence-corrected chi connectivity index (χ0v) is 22.0. The molecule has 10 nitrogen and oxygen atoms in total. The van der Waals surface area contributed by atoms with Crippen LogP contribution in [0, 0.1) is 0 Å². The number of anilines is 1. The standard InChI is InChI=1S/C26H28ClN5O5/c1-15(33)22-28-21-23(31(2)14-18-9-10-19(35-3)12-20(18)36-4)29-26(27)30-24(21)32(22)13-16-7-6-8-17(11-16)25(34)37-5/h6-12,15,33H,13-14H2,1-5H3. The molecule has 0 aliphatic carbocycles. The van der Waals surface area contributed by atoms with Crippen LogP contribution in [0.2, 0.25) is 5.28 Å². The molecule has 0 aliphatic rings. The first-order valence-corrected chi connectivity index (χ1v) is 11.8. The molecule has 4 aromatic rings. The number of methoxy groups -OCH3 is 3. The van der Waals surface area contributed by atoms with E-state index in [0.717, 1.165) is 11.1 Å². The van der Waals surface area contributed by atoms with Gasteiger partial charge >= 0.3 is 5.97 Å². The molecule has 2 heterocycles. The Hall–Kier alpha value is -3.89. The normalized spacial score (nSPS) is 11.9. The van der Waals surface area contributed by atoms with Crippen LogP contribution >= 0.6 is 11.6 Å². The molecule has 0 aliphatic heterocycles. The number of aliphatic hydroxyl groups is 1. The zero-order chi connectivity index (χ0) is 26.7. The lowest BCUT2D eigenvalue weighted by molar-refractivity contribution is 0.0600. The Kier molecular flexibility index (Phi) is 7.80. The number of hydrogen-bond acceptors (Lipinski definition) is 9. The quantitative estimate of drug-likeness (QED) is 0.256. The van der Waals surface area contributed by atoms with E-state index in [1.165, 1.54) is 7.11 Å². The topological polar surface area (TPSA) is 112 Å². The van der Waals surface area contributed by atoms with Crippen molar-refractivity contribution in [3.8, 4) is 11.5 Å². The number of benzene rings is 2. The van der Waals surface area contributed by atoms with Crippen LogP contribution in [0.15, 0.2) is 42.5 Å². The second-order valence-electron chi connectivity index (χ2n) is 8.45. The van der Waals surface area contributed by atoms with E-state index in [1.54, 1.807) is 43.9 Å². The monoisotopic (exact) mass is 525 g/mol. The van der Waals surface area contributed by atoms with Gasteiger partial charge in [0.15, 0.2) is 17.0 Å². The Bertz CT molecular complexity index is 1440. The fraction of sp³-hybridized carbons (Fsp3) is 0.308. The lowest BCUT2D eigenvalue weighted by Crippen LogP contribution is -2.19. The van der Waals surface area contributed by atoms with Gasteiger partial charge in [-0.25, -0.2) is 9.78 Å². The first kappa shape index (κ1) is 26.2. The molecule has 194 valence electrons. The average molecular weight is 526 g/mol. The first-order chi connectivity index (χ1) is 17.7. The zero-order valence-electron chi connectivity index (χ0n) is 21.2. The lowest BCUT2D eigenvalue weighted by Gasteiger charge is -2.20. The number of imidazole rings is 1. The summed E-state index contributed by atoms with van der Waals surface area (Å²) < 4.78 is 17.4. The summed E-state index contributed by atoms with van der Waals surface area (Å²) in [6.07, 6.45) is -0.892. The maximum atomic E-state index is 12.0. The highest BCUT2D eigenvalue weighted by Crippen LogP contribution is 2.31. The van der Waals surface area contributed by atoms with Crippen LogP contribution < -0.4 is 14.4 Å². The van der Waals surface area contributed by atoms with Crippen LogP contribution in [0.5, 0.6) is 11.5 Å². The van der Waals surface area contributed by atoms with Crippen molar-refractivity contribution in [2.75, 3.05) is 33.3 Å². The van der Waals surface area contributed by atoms with Crippen LogP contribution in [0.1, 0.15) is 40.3 Å². The number of hydrogen-bond donors (Lipinski definition) is 1. The van der Waals surface area contributed by atoms with Gasteiger partial charge in [0.1, 0.15) is 23.4 Å². The van der Waals surface area contributed by atoms with E-state index in [4.69, 9.17) is 30.8 Å².